The number of hydrogen-bond donors (Lipinski definition) is 0. The summed E-state index contributed by atoms with van der Waals surface area (Å²) in [5.41, 5.74) is 5.18. The van der Waals surface area contributed by atoms with Crippen LogP contribution < -0.4 is 19.6 Å². The van der Waals surface area contributed by atoms with E-state index in [4.69, 9.17) is 14.6 Å². The maximum Gasteiger partial charge on any atom is 0.291 e. The van der Waals surface area contributed by atoms with Gasteiger partial charge in [-0.2, -0.15) is 14.6 Å². The predicted molar refractivity (Wildman–Crippen MR) is 176 cm³/mol. The summed E-state index contributed by atoms with van der Waals surface area (Å²) >= 11 is 1.30. The van der Waals surface area contributed by atoms with E-state index in [0.717, 1.165) is 45.1 Å². The smallest absolute Gasteiger partial charge is 0.291 e. The Kier molecular flexibility index (Phi) is 8.21. The first-order valence-corrected chi connectivity index (χ1v) is 15.1. The molecule has 9 heteroatoms. The van der Waals surface area contributed by atoms with Crippen molar-refractivity contribution in [2.24, 2.45) is 0 Å². The van der Waals surface area contributed by atoms with E-state index in [1.165, 1.54) is 15.9 Å². The van der Waals surface area contributed by atoms with Crippen LogP contribution in [0.25, 0.3) is 40.1 Å². The molecule has 220 valence electrons. The molecule has 0 unspecified atom stereocenters. The fraction of sp³-hybridized carbons (Fsp3) is 0.143. The van der Waals surface area contributed by atoms with Crippen LogP contribution in [0.3, 0.4) is 0 Å². The van der Waals surface area contributed by atoms with Gasteiger partial charge >= 0.3 is 0 Å². The van der Waals surface area contributed by atoms with E-state index >= 15 is 0 Å². The Bertz CT molecular complexity index is 2070. The summed E-state index contributed by atoms with van der Waals surface area (Å²) in [4.78, 5) is 18.5. The minimum absolute atomic E-state index is 0.0765. The number of aromatic nitrogens is 5. The molecule has 0 aliphatic heterocycles. The van der Waals surface area contributed by atoms with Crippen molar-refractivity contribution in [2.45, 2.75) is 26.9 Å². The van der Waals surface area contributed by atoms with Gasteiger partial charge in [-0.15, -0.1) is 5.10 Å². The van der Waals surface area contributed by atoms with Gasteiger partial charge in [-0.05, 0) is 86.5 Å². The minimum atomic E-state index is -0.226. The van der Waals surface area contributed by atoms with Crippen molar-refractivity contribution in [3.05, 3.63) is 129 Å². The molecule has 0 aliphatic carbocycles. The third-order valence-corrected chi connectivity index (χ3v) is 7.69. The molecule has 0 radical (unpaired) electrons. The van der Waals surface area contributed by atoms with Crippen molar-refractivity contribution in [2.75, 3.05) is 6.61 Å². The number of aryl methyl sites for hydroxylation is 1. The molecule has 0 N–H and O–H groups in total. The summed E-state index contributed by atoms with van der Waals surface area (Å²) in [5, 5.41) is 9.38. The highest BCUT2D eigenvalue weighted by Gasteiger charge is 2.15. The van der Waals surface area contributed by atoms with Crippen LogP contribution >= 0.6 is 11.3 Å². The second-order valence-electron chi connectivity index (χ2n) is 10.4. The lowest BCUT2D eigenvalue weighted by atomic mass is 10.0. The van der Waals surface area contributed by atoms with Gasteiger partial charge in [0.05, 0.1) is 16.3 Å². The summed E-state index contributed by atoms with van der Waals surface area (Å²) in [7, 11) is 0. The Morgan fingerprint density at radius 1 is 1.00 bits per heavy atom. The van der Waals surface area contributed by atoms with Crippen LogP contribution in [-0.4, -0.2) is 37.1 Å². The van der Waals surface area contributed by atoms with Gasteiger partial charge in [0.1, 0.15) is 23.8 Å². The minimum Gasteiger partial charge on any atom is -0.491 e. The maximum atomic E-state index is 13.4. The summed E-state index contributed by atoms with van der Waals surface area (Å²) < 4.78 is 15.2. The zero-order chi connectivity index (χ0) is 30.6. The molecular formula is C35H31N5O3S. The maximum absolute atomic E-state index is 13.4. The van der Waals surface area contributed by atoms with Crippen LogP contribution in [-0.2, 0) is 0 Å². The van der Waals surface area contributed by atoms with Crippen LogP contribution in [0.2, 0.25) is 0 Å². The van der Waals surface area contributed by atoms with Crippen LogP contribution in [0, 0.1) is 6.92 Å². The lowest BCUT2D eigenvalue weighted by molar-refractivity contribution is 0.241. The molecule has 0 fully saturated rings. The van der Waals surface area contributed by atoms with Gasteiger partial charge in [0.15, 0.2) is 5.82 Å². The Morgan fingerprint density at radius 2 is 1.80 bits per heavy atom. The number of ether oxygens (including phenoxy) is 2. The van der Waals surface area contributed by atoms with Crippen LogP contribution in [0.5, 0.6) is 11.5 Å². The zero-order valence-corrected chi connectivity index (χ0v) is 25.5. The fourth-order valence-corrected chi connectivity index (χ4v) is 5.58. The monoisotopic (exact) mass is 601 g/mol. The molecule has 0 spiro atoms. The predicted octanol–water partition coefficient (Wildman–Crippen LogP) is 6.38. The van der Waals surface area contributed by atoms with Crippen molar-refractivity contribution >= 4 is 34.5 Å². The summed E-state index contributed by atoms with van der Waals surface area (Å²) in [6.07, 6.45) is 9.28. The van der Waals surface area contributed by atoms with E-state index < -0.39 is 0 Å². The third-order valence-electron chi connectivity index (χ3n) is 6.73. The average molecular weight is 602 g/mol. The molecule has 3 heterocycles. The molecule has 3 aromatic heterocycles. The first-order valence-electron chi connectivity index (χ1n) is 14.2. The summed E-state index contributed by atoms with van der Waals surface area (Å²) in [5.74, 6) is 2.07. The van der Waals surface area contributed by atoms with E-state index in [0.29, 0.717) is 21.9 Å². The van der Waals surface area contributed by atoms with Gasteiger partial charge in [-0.25, -0.2) is 4.68 Å². The van der Waals surface area contributed by atoms with Gasteiger partial charge in [0.2, 0.25) is 4.96 Å². The second kappa shape index (κ2) is 12.5. The Balaban J connectivity index is 1.34. The molecule has 0 aliphatic rings. The number of hydrogen-bond acceptors (Lipinski definition) is 7. The first-order chi connectivity index (χ1) is 21.4. The van der Waals surface area contributed by atoms with Crippen molar-refractivity contribution in [1.82, 2.24) is 24.4 Å². The average Bonchev–Trinajstić information content (AvgIpc) is 3.71. The Morgan fingerprint density at radius 3 is 2.50 bits per heavy atom. The lowest BCUT2D eigenvalue weighted by Crippen LogP contribution is -2.23. The molecule has 0 bridgehead atoms. The summed E-state index contributed by atoms with van der Waals surface area (Å²) in [6.45, 7) is 10.2. The molecule has 6 aromatic rings. The first kappa shape index (κ1) is 28.8. The van der Waals surface area contributed by atoms with Crippen LogP contribution in [0.1, 0.15) is 36.4 Å². The molecule has 8 nitrogen and oxygen atoms in total. The number of rotatable bonds is 10. The van der Waals surface area contributed by atoms with Gasteiger partial charge in [0, 0.05) is 17.3 Å². The molecule has 0 atom stereocenters. The van der Waals surface area contributed by atoms with Crippen molar-refractivity contribution in [3.63, 3.8) is 0 Å². The molecular weight excluding hydrogens is 570 g/mol. The number of para-hydroxylation sites is 1. The van der Waals surface area contributed by atoms with Crippen molar-refractivity contribution in [3.8, 4) is 28.4 Å². The van der Waals surface area contributed by atoms with Gasteiger partial charge in [-0.3, -0.25) is 4.79 Å². The summed E-state index contributed by atoms with van der Waals surface area (Å²) in [6, 6.07) is 23.6. The molecule has 0 amide bonds. The van der Waals surface area contributed by atoms with E-state index in [1.807, 2.05) is 111 Å². The molecule has 3 aromatic carbocycles. The lowest BCUT2D eigenvalue weighted by Gasteiger charge is -2.13. The highest BCUT2D eigenvalue weighted by Crippen LogP contribution is 2.29. The van der Waals surface area contributed by atoms with Gasteiger partial charge < -0.3 is 9.47 Å². The number of nitrogens with zero attached hydrogens (tertiary/aromatic N) is 5. The van der Waals surface area contributed by atoms with Gasteiger partial charge in [-0.1, -0.05) is 60.4 Å². The highest BCUT2D eigenvalue weighted by atomic mass is 32.1. The van der Waals surface area contributed by atoms with Crippen LogP contribution in [0.15, 0.2) is 96.4 Å². The van der Waals surface area contributed by atoms with E-state index in [-0.39, 0.29) is 11.7 Å². The number of thiazole rings is 1. The quantitative estimate of drug-likeness (QED) is 0.170. The standard InChI is InChI=1S/C35H31N5O3S/c1-5-19-42-29-15-11-25(12-16-29)13-18-32-36-35-40(37-32)34(41)31(44-35)21-27-22-39(28-9-7-6-8-10-28)38-33(27)26-14-17-30(24(4)20-26)43-23(2)3/h5-18,20-23H,1,19H2,2-4H3/b18-13+,31-21-. The second-order valence-corrected chi connectivity index (χ2v) is 11.5. The Labute approximate surface area is 258 Å². The number of benzene rings is 3. The van der Waals surface area contributed by atoms with E-state index in [2.05, 4.69) is 22.7 Å². The Hall–Kier alpha value is -5.28. The SMILES string of the molecule is C=CCOc1ccc(/C=C/c2nc3s/c(=C\c4cn(-c5ccccc5)nc4-c4ccc(OC(C)C)c(C)c4)c(=O)n3n2)cc1. The van der Waals surface area contributed by atoms with E-state index in [1.54, 1.807) is 12.2 Å². The molecule has 0 saturated heterocycles. The van der Waals surface area contributed by atoms with Crippen LogP contribution in [0.4, 0.5) is 0 Å². The molecule has 44 heavy (non-hydrogen) atoms. The third kappa shape index (κ3) is 6.23. The van der Waals surface area contributed by atoms with Crippen molar-refractivity contribution < 1.29 is 9.47 Å². The molecule has 6 rings (SSSR count). The zero-order valence-electron chi connectivity index (χ0n) is 24.7. The molecule has 0 saturated carbocycles. The van der Waals surface area contributed by atoms with Gasteiger partial charge in [0.25, 0.3) is 5.56 Å². The highest BCUT2D eigenvalue weighted by molar-refractivity contribution is 7.15. The largest absolute Gasteiger partial charge is 0.491 e. The van der Waals surface area contributed by atoms with E-state index in [9.17, 15) is 4.79 Å². The number of fused-ring (bicyclic) bond motifs is 1. The van der Waals surface area contributed by atoms with Crippen molar-refractivity contribution in [1.29, 1.82) is 0 Å². The topological polar surface area (TPSA) is 83.5 Å². The fourth-order valence-electron chi connectivity index (χ4n) is 4.67. The normalized spacial score (nSPS) is 12.0.